The van der Waals surface area contributed by atoms with E-state index in [-0.39, 0.29) is 0 Å². The summed E-state index contributed by atoms with van der Waals surface area (Å²) in [6.45, 7) is 3.04. The third kappa shape index (κ3) is 1.53. The van der Waals surface area contributed by atoms with Gasteiger partial charge in [0.1, 0.15) is 0 Å². The van der Waals surface area contributed by atoms with E-state index in [0.717, 1.165) is 10.7 Å². The summed E-state index contributed by atoms with van der Waals surface area (Å²) in [6, 6.07) is 0. The first-order chi connectivity index (χ1) is 6.62. The van der Waals surface area contributed by atoms with Crippen molar-refractivity contribution >= 4 is 17.3 Å². The van der Waals surface area contributed by atoms with Crippen molar-refractivity contribution < 1.29 is 9.90 Å². The highest BCUT2D eigenvalue weighted by Gasteiger charge is 2.45. The molecule has 0 aromatic carbocycles. The number of aromatic nitrogens is 1. The quantitative estimate of drug-likeness (QED) is 0.773. The molecule has 0 amide bonds. The number of carbonyl (C=O) groups is 1. The molecular weight excluding hydrogens is 200 g/mol. The Morgan fingerprint density at radius 1 is 1.79 bits per heavy atom. The highest BCUT2D eigenvalue weighted by atomic mass is 32.1. The zero-order valence-electron chi connectivity index (χ0n) is 7.91. The maximum absolute atomic E-state index is 11.1. The van der Waals surface area contributed by atoms with Crippen LogP contribution in [-0.2, 0) is 11.2 Å². The molecule has 1 aliphatic rings. The molecule has 1 saturated heterocycles. The average Bonchev–Trinajstić information content (AvgIpc) is 2.43. The minimum absolute atomic E-state index is 0.549. The number of hydrogen-bond donors (Lipinski definition) is 2. The summed E-state index contributed by atoms with van der Waals surface area (Å²) in [5.74, 6) is -0.718. The van der Waals surface area contributed by atoms with E-state index in [1.165, 1.54) is 0 Å². The number of nitrogens with one attached hydrogen (secondary N) is 1. The number of aryl methyl sites for hydroxylation is 1. The minimum Gasteiger partial charge on any atom is -0.481 e. The van der Waals surface area contributed by atoms with Crippen molar-refractivity contribution in [2.75, 3.05) is 13.1 Å². The van der Waals surface area contributed by atoms with Crippen molar-refractivity contribution in [3.8, 4) is 0 Å². The van der Waals surface area contributed by atoms with Gasteiger partial charge in [0.05, 0.1) is 10.4 Å². The highest BCUT2D eigenvalue weighted by Crippen LogP contribution is 2.29. The molecule has 0 bridgehead atoms. The highest BCUT2D eigenvalue weighted by molar-refractivity contribution is 7.09. The zero-order chi connectivity index (χ0) is 10.2. The molecule has 1 aromatic rings. The van der Waals surface area contributed by atoms with Gasteiger partial charge in [0.2, 0.25) is 0 Å². The summed E-state index contributed by atoms with van der Waals surface area (Å²) >= 11 is 1.54. The van der Waals surface area contributed by atoms with E-state index in [1.807, 2.05) is 12.3 Å². The van der Waals surface area contributed by atoms with Gasteiger partial charge in [-0.05, 0) is 6.92 Å². The van der Waals surface area contributed by atoms with Crippen LogP contribution in [0, 0.1) is 12.3 Å². The van der Waals surface area contributed by atoms with Crippen LogP contribution in [0.1, 0.15) is 10.7 Å². The Bertz CT molecular complexity index is 357. The Balaban J connectivity index is 2.12. The molecule has 76 valence electrons. The first-order valence-electron chi connectivity index (χ1n) is 4.47. The summed E-state index contributed by atoms with van der Waals surface area (Å²) in [6.07, 6.45) is 0.549. The van der Waals surface area contributed by atoms with E-state index in [0.29, 0.717) is 19.5 Å². The van der Waals surface area contributed by atoms with E-state index in [1.54, 1.807) is 11.3 Å². The van der Waals surface area contributed by atoms with Crippen molar-refractivity contribution in [1.82, 2.24) is 10.3 Å². The molecule has 2 N–H and O–H groups in total. The summed E-state index contributed by atoms with van der Waals surface area (Å²) in [4.78, 5) is 15.3. The molecule has 0 radical (unpaired) electrons. The van der Waals surface area contributed by atoms with Crippen LogP contribution in [0.4, 0.5) is 0 Å². The SMILES string of the molecule is Cc1csc(CC2(C(=O)O)CNC2)n1. The van der Waals surface area contributed by atoms with E-state index in [9.17, 15) is 4.79 Å². The standard InChI is InChI=1S/C9H12N2O2S/c1-6-3-14-7(11-6)2-9(8(12)13)4-10-5-9/h3,10H,2,4-5H2,1H3,(H,12,13). The fraction of sp³-hybridized carbons (Fsp3) is 0.556. The van der Waals surface area contributed by atoms with E-state index in [4.69, 9.17) is 5.11 Å². The molecule has 0 atom stereocenters. The van der Waals surface area contributed by atoms with Gasteiger partial charge in [-0.25, -0.2) is 4.98 Å². The summed E-state index contributed by atoms with van der Waals surface area (Å²) in [7, 11) is 0. The van der Waals surface area contributed by atoms with Crippen LogP contribution < -0.4 is 5.32 Å². The lowest BCUT2D eigenvalue weighted by molar-refractivity contribution is -0.152. The Hall–Kier alpha value is -0.940. The van der Waals surface area contributed by atoms with Crippen molar-refractivity contribution in [2.24, 2.45) is 5.41 Å². The lowest BCUT2D eigenvalue weighted by atomic mass is 9.79. The molecular formula is C9H12N2O2S. The molecule has 0 saturated carbocycles. The first-order valence-corrected chi connectivity index (χ1v) is 5.35. The number of thiazole rings is 1. The van der Waals surface area contributed by atoms with Gasteiger partial charge in [-0.3, -0.25) is 4.79 Å². The second-order valence-corrected chi connectivity index (χ2v) is 4.69. The Morgan fingerprint density at radius 3 is 2.86 bits per heavy atom. The number of carboxylic acids is 1. The fourth-order valence-corrected chi connectivity index (χ4v) is 2.47. The van der Waals surface area contributed by atoms with Gasteiger partial charge in [0, 0.05) is 30.6 Å². The average molecular weight is 212 g/mol. The molecule has 14 heavy (non-hydrogen) atoms. The second-order valence-electron chi connectivity index (χ2n) is 3.75. The maximum Gasteiger partial charge on any atom is 0.312 e. The van der Waals surface area contributed by atoms with Gasteiger partial charge in [0.25, 0.3) is 0 Å². The topological polar surface area (TPSA) is 62.2 Å². The largest absolute Gasteiger partial charge is 0.481 e. The Labute approximate surface area is 86.0 Å². The van der Waals surface area contributed by atoms with E-state index in [2.05, 4.69) is 10.3 Å². The van der Waals surface area contributed by atoms with Crippen LogP contribution >= 0.6 is 11.3 Å². The van der Waals surface area contributed by atoms with Crippen LogP contribution in [0.25, 0.3) is 0 Å². The van der Waals surface area contributed by atoms with Crippen LogP contribution in [0.2, 0.25) is 0 Å². The van der Waals surface area contributed by atoms with Crippen molar-refractivity contribution in [3.63, 3.8) is 0 Å². The lowest BCUT2D eigenvalue weighted by Gasteiger charge is -2.37. The molecule has 5 heteroatoms. The van der Waals surface area contributed by atoms with Crippen molar-refractivity contribution in [3.05, 3.63) is 16.1 Å². The fourth-order valence-electron chi connectivity index (χ4n) is 1.55. The molecule has 0 spiro atoms. The van der Waals surface area contributed by atoms with E-state index < -0.39 is 11.4 Å². The molecule has 4 nitrogen and oxygen atoms in total. The van der Waals surface area contributed by atoms with Crippen LogP contribution in [0.15, 0.2) is 5.38 Å². The van der Waals surface area contributed by atoms with Crippen molar-refractivity contribution in [2.45, 2.75) is 13.3 Å². The zero-order valence-corrected chi connectivity index (χ0v) is 8.73. The molecule has 1 aliphatic heterocycles. The number of hydrogen-bond acceptors (Lipinski definition) is 4. The lowest BCUT2D eigenvalue weighted by Crippen LogP contribution is -2.59. The van der Waals surface area contributed by atoms with Crippen LogP contribution in [0.5, 0.6) is 0 Å². The predicted molar refractivity (Wildman–Crippen MR) is 53.5 cm³/mol. The van der Waals surface area contributed by atoms with E-state index >= 15 is 0 Å². The van der Waals surface area contributed by atoms with Gasteiger partial charge in [-0.2, -0.15) is 0 Å². The molecule has 2 heterocycles. The molecule has 0 unspecified atom stereocenters. The normalized spacial score (nSPS) is 18.9. The van der Waals surface area contributed by atoms with Crippen molar-refractivity contribution in [1.29, 1.82) is 0 Å². The molecule has 1 aromatic heterocycles. The third-order valence-electron chi connectivity index (χ3n) is 2.54. The number of rotatable bonds is 3. The van der Waals surface area contributed by atoms with Gasteiger partial charge in [-0.1, -0.05) is 0 Å². The Kier molecular flexibility index (Phi) is 2.28. The smallest absolute Gasteiger partial charge is 0.312 e. The van der Waals surface area contributed by atoms with Gasteiger partial charge in [-0.15, -0.1) is 11.3 Å². The summed E-state index contributed by atoms with van der Waals surface area (Å²) < 4.78 is 0. The van der Waals surface area contributed by atoms with Gasteiger partial charge >= 0.3 is 5.97 Å². The number of nitrogens with zero attached hydrogens (tertiary/aromatic N) is 1. The predicted octanol–water partition coefficient (Wildman–Crippen LogP) is 0.668. The minimum atomic E-state index is -0.718. The number of carboxylic acid groups (broad SMARTS) is 1. The maximum atomic E-state index is 11.1. The second kappa shape index (κ2) is 3.33. The van der Waals surface area contributed by atoms with Gasteiger partial charge in [0.15, 0.2) is 0 Å². The Morgan fingerprint density at radius 2 is 2.50 bits per heavy atom. The number of aliphatic carboxylic acids is 1. The van der Waals surface area contributed by atoms with Gasteiger partial charge < -0.3 is 10.4 Å². The molecule has 1 fully saturated rings. The third-order valence-corrected chi connectivity index (χ3v) is 3.50. The van der Waals surface area contributed by atoms with Crippen LogP contribution in [-0.4, -0.2) is 29.1 Å². The molecule has 2 rings (SSSR count). The summed E-state index contributed by atoms with van der Waals surface area (Å²) in [5, 5.41) is 15.0. The molecule has 0 aliphatic carbocycles. The monoisotopic (exact) mass is 212 g/mol. The van der Waals surface area contributed by atoms with Crippen LogP contribution in [0.3, 0.4) is 0 Å². The summed E-state index contributed by atoms with van der Waals surface area (Å²) in [5.41, 5.74) is 0.363. The first kappa shape index (κ1) is 9.61.